The van der Waals surface area contributed by atoms with Gasteiger partial charge in [0.2, 0.25) is 5.91 Å². The van der Waals surface area contributed by atoms with Gasteiger partial charge in [0.15, 0.2) is 5.78 Å². The Morgan fingerprint density at radius 3 is 2.64 bits per heavy atom. The summed E-state index contributed by atoms with van der Waals surface area (Å²) in [5.74, 6) is -0.238. The molecule has 1 aromatic carbocycles. The average molecular weight is 335 g/mol. The number of ketones is 1. The number of hydrogen-bond donors (Lipinski definition) is 1. The van der Waals surface area contributed by atoms with Gasteiger partial charge in [0.05, 0.1) is 24.6 Å². The summed E-state index contributed by atoms with van der Waals surface area (Å²) in [6.45, 7) is 0.263. The fraction of sp³-hybridized carbons (Fsp3) is 0.167. The van der Waals surface area contributed by atoms with Crippen molar-refractivity contribution >= 4 is 11.7 Å². The molecule has 1 amide bonds. The highest BCUT2D eigenvalue weighted by Crippen LogP contribution is 2.06. The summed E-state index contributed by atoms with van der Waals surface area (Å²) < 4.78 is 1.59. The maximum Gasteiger partial charge on any atom is 0.220 e. The molecule has 2 heterocycles. The second-order valence-electron chi connectivity index (χ2n) is 5.43. The highest BCUT2D eigenvalue weighted by Gasteiger charge is 2.10. The summed E-state index contributed by atoms with van der Waals surface area (Å²) in [7, 11) is 0. The van der Waals surface area contributed by atoms with Crippen LogP contribution in [0.3, 0.4) is 0 Å². The van der Waals surface area contributed by atoms with E-state index >= 15 is 0 Å². The number of amides is 1. The van der Waals surface area contributed by atoms with Crippen molar-refractivity contribution in [2.45, 2.75) is 19.4 Å². The minimum Gasteiger partial charge on any atom is -0.350 e. The number of benzene rings is 1. The van der Waals surface area contributed by atoms with Crippen LogP contribution in [0.5, 0.6) is 0 Å². The van der Waals surface area contributed by atoms with E-state index in [2.05, 4.69) is 20.6 Å². The molecule has 0 atom stereocenters. The van der Waals surface area contributed by atoms with E-state index in [1.807, 2.05) is 18.2 Å². The van der Waals surface area contributed by atoms with E-state index in [1.165, 1.54) is 0 Å². The van der Waals surface area contributed by atoms with Crippen molar-refractivity contribution in [3.63, 3.8) is 0 Å². The molecule has 0 aliphatic rings. The molecule has 0 unspecified atom stereocenters. The standard InChI is InChI=1S/C18H17N5O2/c24-17(14-5-2-1-3-6-14)8-9-18(25)20-11-15-13-23(22-21-15)16-7-4-10-19-12-16/h1-7,10,12-13H,8-9,11H2,(H,20,25). The first-order valence-electron chi connectivity index (χ1n) is 7.89. The second-order valence-corrected chi connectivity index (χ2v) is 5.43. The van der Waals surface area contributed by atoms with Crippen LogP contribution in [0.2, 0.25) is 0 Å². The molecule has 0 spiro atoms. The molecule has 0 radical (unpaired) electrons. The van der Waals surface area contributed by atoms with Crippen LogP contribution in [-0.4, -0.2) is 31.7 Å². The van der Waals surface area contributed by atoms with E-state index in [4.69, 9.17) is 0 Å². The Balaban J connectivity index is 1.47. The van der Waals surface area contributed by atoms with Crippen molar-refractivity contribution < 1.29 is 9.59 Å². The van der Waals surface area contributed by atoms with Gasteiger partial charge in [0.1, 0.15) is 5.69 Å². The highest BCUT2D eigenvalue weighted by molar-refractivity contribution is 5.97. The monoisotopic (exact) mass is 335 g/mol. The van der Waals surface area contributed by atoms with Crippen molar-refractivity contribution in [1.29, 1.82) is 0 Å². The van der Waals surface area contributed by atoms with Crippen LogP contribution in [0, 0.1) is 0 Å². The van der Waals surface area contributed by atoms with Crippen molar-refractivity contribution in [3.05, 3.63) is 72.3 Å². The quantitative estimate of drug-likeness (QED) is 0.667. The number of nitrogens with zero attached hydrogens (tertiary/aromatic N) is 4. The molecule has 2 aromatic heterocycles. The topological polar surface area (TPSA) is 89.8 Å². The van der Waals surface area contributed by atoms with Crippen LogP contribution in [0.25, 0.3) is 5.69 Å². The molecule has 1 N–H and O–H groups in total. The van der Waals surface area contributed by atoms with Crippen molar-refractivity contribution in [2.24, 2.45) is 0 Å². The van der Waals surface area contributed by atoms with Gasteiger partial charge in [0, 0.05) is 24.6 Å². The van der Waals surface area contributed by atoms with Crippen LogP contribution in [0.15, 0.2) is 61.1 Å². The smallest absolute Gasteiger partial charge is 0.220 e. The van der Waals surface area contributed by atoms with E-state index in [9.17, 15) is 9.59 Å². The first kappa shape index (κ1) is 16.5. The molecular formula is C18H17N5O2. The first-order valence-corrected chi connectivity index (χ1v) is 7.89. The maximum absolute atomic E-state index is 12.0. The zero-order valence-electron chi connectivity index (χ0n) is 13.5. The maximum atomic E-state index is 12.0. The molecule has 0 bridgehead atoms. The molecule has 7 heteroatoms. The largest absolute Gasteiger partial charge is 0.350 e. The molecule has 3 aromatic rings. The Hall–Kier alpha value is -3.35. The Morgan fingerprint density at radius 1 is 1.04 bits per heavy atom. The van der Waals surface area contributed by atoms with Gasteiger partial charge >= 0.3 is 0 Å². The average Bonchev–Trinajstić information content (AvgIpc) is 3.15. The molecule has 3 rings (SSSR count). The van der Waals surface area contributed by atoms with Gasteiger partial charge in [-0.05, 0) is 12.1 Å². The fourth-order valence-corrected chi connectivity index (χ4v) is 2.27. The number of nitrogens with one attached hydrogen (secondary N) is 1. The molecule has 0 fully saturated rings. The van der Waals surface area contributed by atoms with E-state index in [-0.39, 0.29) is 31.1 Å². The number of carbonyl (C=O) groups excluding carboxylic acids is 2. The van der Waals surface area contributed by atoms with Crippen LogP contribution >= 0.6 is 0 Å². The lowest BCUT2D eigenvalue weighted by atomic mass is 10.1. The summed E-state index contributed by atoms with van der Waals surface area (Å²) in [5, 5.41) is 10.8. The van der Waals surface area contributed by atoms with Gasteiger partial charge in [-0.25, -0.2) is 4.68 Å². The Kier molecular flexibility index (Phi) is 5.26. The number of carbonyl (C=O) groups is 2. The number of aromatic nitrogens is 4. The number of Topliss-reactive ketones (excluding diaryl/α,β-unsaturated/α-hetero) is 1. The fourth-order valence-electron chi connectivity index (χ4n) is 2.27. The SMILES string of the molecule is O=C(CCC(=O)c1ccccc1)NCc1cn(-c2cccnc2)nn1. The van der Waals surface area contributed by atoms with Gasteiger partial charge in [-0.15, -0.1) is 5.10 Å². The summed E-state index contributed by atoms with van der Waals surface area (Å²) in [6, 6.07) is 12.6. The second kappa shape index (κ2) is 7.96. The van der Waals surface area contributed by atoms with Gasteiger partial charge in [-0.3, -0.25) is 14.6 Å². The Morgan fingerprint density at radius 2 is 1.88 bits per heavy atom. The molecule has 0 aliphatic heterocycles. The molecular weight excluding hydrogens is 318 g/mol. The number of hydrogen-bond acceptors (Lipinski definition) is 5. The Bertz CT molecular complexity index is 846. The lowest BCUT2D eigenvalue weighted by Gasteiger charge is -2.03. The predicted octanol–water partition coefficient (Wildman–Crippen LogP) is 1.94. The summed E-state index contributed by atoms with van der Waals surface area (Å²) in [6.07, 6.45) is 5.40. The van der Waals surface area contributed by atoms with Crippen LogP contribution < -0.4 is 5.32 Å². The molecule has 0 saturated carbocycles. The minimum absolute atomic E-state index is 0.0433. The number of pyridine rings is 1. The normalized spacial score (nSPS) is 10.4. The molecule has 7 nitrogen and oxygen atoms in total. The summed E-state index contributed by atoms with van der Waals surface area (Å²) in [5.41, 5.74) is 2.04. The van der Waals surface area contributed by atoms with E-state index < -0.39 is 0 Å². The molecule has 25 heavy (non-hydrogen) atoms. The lowest BCUT2D eigenvalue weighted by molar-refractivity contribution is -0.121. The lowest BCUT2D eigenvalue weighted by Crippen LogP contribution is -2.23. The first-order chi connectivity index (χ1) is 12.2. The zero-order valence-corrected chi connectivity index (χ0v) is 13.5. The van der Waals surface area contributed by atoms with E-state index in [0.717, 1.165) is 5.69 Å². The van der Waals surface area contributed by atoms with Crippen LogP contribution in [0.4, 0.5) is 0 Å². The molecule has 0 aliphatic carbocycles. The predicted molar refractivity (Wildman–Crippen MR) is 91.0 cm³/mol. The molecule has 126 valence electrons. The zero-order chi connectivity index (χ0) is 17.5. The Labute approximate surface area is 144 Å². The minimum atomic E-state index is -0.194. The van der Waals surface area contributed by atoms with Crippen LogP contribution in [-0.2, 0) is 11.3 Å². The highest BCUT2D eigenvalue weighted by atomic mass is 16.2. The van der Waals surface area contributed by atoms with E-state index in [1.54, 1.807) is 47.5 Å². The number of rotatable bonds is 7. The summed E-state index contributed by atoms with van der Waals surface area (Å²) >= 11 is 0. The van der Waals surface area contributed by atoms with Gasteiger partial charge in [-0.2, -0.15) is 0 Å². The summed E-state index contributed by atoms with van der Waals surface area (Å²) in [4.78, 5) is 27.9. The van der Waals surface area contributed by atoms with Crippen molar-refractivity contribution in [1.82, 2.24) is 25.3 Å². The third-order valence-electron chi connectivity index (χ3n) is 3.59. The van der Waals surface area contributed by atoms with E-state index in [0.29, 0.717) is 11.3 Å². The van der Waals surface area contributed by atoms with Crippen molar-refractivity contribution in [3.8, 4) is 5.69 Å². The third-order valence-corrected chi connectivity index (χ3v) is 3.59. The van der Waals surface area contributed by atoms with Crippen LogP contribution in [0.1, 0.15) is 28.9 Å². The van der Waals surface area contributed by atoms with Gasteiger partial charge in [-0.1, -0.05) is 35.5 Å². The van der Waals surface area contributed by atoms with Crippen molar-refractivity contribution in [2.75, 3.05) is 0 Å². The third kappa shape index (κ3) is 4.57. The van der Waals surface area contributed by atoms with Gasteiger partial charge in [0.25, 0.3) is 0 Å². The molecule has 0 saturated heterocycles. The van der Waals surface area contributed by atoms with Gasteiger partial charge < -0.3 is 5.32 Å².